The molecule has 150 valence electrons. The number of anilines is 2. The fourth-order valence-electron chi connectivity index (χ4n) is 3.33. The summed E-state index contributed by atoms with van der Waals surface area (Å²) >= 11 is 0. The Morgan fingerprint density at radius 1 is 1.36 bits per heavy atom. The molecule has 9 heteroatoms. The Kier molecular flexibility index (Phi) is 6.35. The van der Waals surface area contributed by atoms with E-state index in [4.69, 9.17) is 10.5 Å². The lowest BCUT2D eigenvalue weighted by Crippen LogP contribution is -2.43. The van der Waals surface area contributed by atoms with E-state index >= 15 is 0 Å². The lowest BCUT2D eigenvalue weighted by molar-refractivity contribution is -0.122. The standard InChI is InChI=1S/C19H23F2N5O2/c1-28-16-11-26(17-7-8-23-19(22)25-17)10-15(16)24-18(27)4-2-3-12-9-13(20)5-6-14(12)21/h5-9,15-16H,2-4,10-11H2,1H3,(H,24,27)(H2,22,23,25)/t15-,16+/m0/s1. The lowest BCUT2D eigenvalue weighted by atomic mass is 10.1. The quantitative estimate of drug-likeness (QED) is 0.746. The zero-order valence-electron chi connectivity index (χ0n) is 15.6. The topological polar surface area (TPSA) is 93.4 Å². The molecule has 3 N–H and O–H groups in total. The van der Waals surface area contributed by atoms with Crippen LogP contribution < -0.4 is 16.0 Å². The Morgan fingerprint density at radius 3 is 2.93 bits per heavy atom. The fourth-order valence-corrected chi connectivity index (χ4v) is 3.33. The number of hydrogen-bond donors (Lipinski definition) is 2. The van der Waals surface area contributed by atoms with Crippen LogP contribution >= 0.6 is 0 Å². The number of nitrogen functional groups attached to an aromatic ring is 1. The predicted octanol–water partition coefficient (Wildman–Crippen LogP) is 1.68. The molecule has 0 radical (unpaired) electrons. The van der Waals surface area contributed by atoms with Crippen LogP contribution in [-0.4, -0.2) is 48.2 Å². The van der Waals surface area contributed by atoms with Crippen LogP contribution in [-0.2, 0) is 16.0 Å². The number of carbonyl (C=O) groups excluding carboxylic acids is 1. The summed E-state index contributed by atoms with van der Waals surface area (Å²) < 4.78 is 32.3. The highest BCUT2D eigenvalue weighted by molar-refractivity contribution is 5.76. The van der Waals surface area contributed by atoms with E-state index in [1.54, 1.807) is 19.4 Å². The Bertz CT molecular complexity index is 836. The number of nitrogens with one attached hydrogen (secondary N) is 1. The molecule has 0 spiro atoms. The molecule has 28 heavy (non-hydrogen) atoms. The summed E-state index contributed by atoms with van der Waals surface area (Å²) in [6, 6.07) is 4.88. The lowest BCUT2D eigenvalue weighted by Gasteiger charge is -2.18. The van der Waals surface area contributed by atoms with Crippen molar-refractivity contribution in [1.82, 2.24) is 15.3 Å². The molecule has 1 aromatic heterocycles. The number of benzene rings is 1. The SMILES string of the molecule is CO[C@@H]1CN(c2ccnc(N)n2)C[C@@H]1NC(=O)CCCc1cc(F)ccc1F. The summed E-state index contributed by atoms with van der Waals surface area (Å²) in [7, 11) is 1.59. The maximum Gasteiger partial charge on any atom is 0.221 e. The van der Waals surface area contributed by atoms with Crippen LogP contribution in [0.1, 0.15) is 18.4 Å². The third-order valence-electron chi connectivity index (χ3n) is 4.76. The Balaban J connectivity index is 1.52. The van der Waals surface area contributed by atoms with Crippen molar-refractivity contribution in [3.63, 3.8) is 0 Å². The number of rotatable bonds is 7. The smallest absolute Gasteiger partial charge is 0.221 e. The van der Waals surface area contributed by atoms with Gasteiger partial charge in [-0.05, 0) is 42.7 Å². The molecule has 1 fully saturated rings. The summed E-state index contributed by atoms with van der Waals surface area (Å²) in [5.74, 6) is -0.249. The van der Waals surface area contributed by atoms with Crippen LogP contribution in [0.2, 0.25) is 0 Å². The molecule has 1 aliphatic rings. The molecular weight excluding hydrogens is 368 g/mol. The van der Waals surface area contributed by atoms with Crippen LogP contribution in [0.3, 0.4) is 0 Å². The monoisotopic (exact) mass is 391 g/mol. The molecular formula is C19H23F2N5O2. The Hall–Kier alpha value is -2.81. The second-order valence-corrected chi connectivity index (χ2v) is 6.72. The van der Waals surface area contributed by atoms with Gasteiger partial charge in [-0.15, -0.1) is 0 Å². The van der Waals surface area contributed by atoms with Crippen molar-refractivity contribution in [2.45, 2.75) is 31.4 Å². The van der Waals surface area contributed by atoms with Crippen LogP contribution in [0, 0.1) is 11.6 Å². The van der Waals surface area contributed by atoms with Gasteiger partial charge in [0.25, 0.3) is 0 Å². The molecule has 2 aromatic rings. The van der Waals surface area contributed by atoms with Crippen LogP contribution in [0.5, 0.6) is 0 Å². The average Bonchev–Trinajstić information content (AvgIpc) is 3.07. The van der Waals surface area contributed by atoms with Gasteiger partial charge < -0.3 is 20.7 Å². The first-order chi connectivity index (χ1) is 13.5. The van der Waals surface area contributed by atoms with Gasteiger partial charge in [-0.2, -0.15) is 4.98 Å². The van der Waals surface area contributed by atoms with Crippen molar-refractivity contribution < 1.29 is 18.3 Å². The van der Waals surface area contributed by atoms with Gasteiger partial charge in [-0.25, -0.2) is 13.8 Å². The largest absolute Gasteiger partial charge is 0.377 e. The summed E-state index contributed by atoms with van der Waals surface area (Å²) in [4.78, 5) is 22.3. The normalized spacial score (nSPS) is 19.0. The van der Waals surface area contributed by atoms with Crippen LogP contribution in [0.25, 0.3) is 0 Å². The predicted molar refractivity (Wildman–Crippen MR) is 101 cm³/mol. The van der Waals surface area contributed by atoms with Crippen molar-refractivity contribution in [3.8, 4) is 0 Å². The van der Waals surface area contributed by atoms with Gasteiger partial charge in [-0.1, -0.05) is 0 Å². The average molecular weight is 391 g/mol. The third-order valence-corrected chi connectivity index (χ3v) is 4.76. The number of ether oxygens (including phenoxy) is 1. The third kappa shape index (κ3) is 4.92. The van der Waals surface area contributed by atoms with Crippen molar-refractivity contribution in [2.24, 2.45) is 0 Å². The molecule has 7 nitrogen and oxygen atoms in total. The first-order valence-corrected chi connectivity index (χ1v) is 9.06. The summed E-state index contributed by atoms with van der Waals surface area (Å²) in [6.07, 6.45) is 2.31. The van der Waals surface area contributed by atoms with Gasteiger partial charge in [0.15, 0.2) is 0 Å². The first kappa shape index (κ1) is 19.9. The molecule has 0 aliphatic carbocycles. The maximum absolute atomic E-state index is 13.6. The minimum absolute atomic E-state index is 0.159. The molecule has 2 heterocycles. The molecule has 1 saturated heterocycles. The van der Waals surface area contributed by atoms with E-state index < -0.39 is 11.6 Å². The molecule has 0 unspecified atom stereocenters. The van der Waals surface area contributed by atoms with E-state index in [9.17, 15) is 13.6 Å². The van der Waals surface area contributed by atoms with E-state index in [-0.39, 0.29) is 36.0 Å². The number of aryl methyl sites for hydroxylation is 1. The summed E-state index contributed by atoms with van der Waals surface area (Å²) in [5.41, 5.74) is 5.91. The zero-order chi connectivity index (χ0) is 20.1. The van der Waals surface area contributed by atoms with Gasteiger partial charge in [-0.3, -0.25) is 4.79 Å². The number of methoxy groups -OCH3 is 1. The fraction of sp³-hybridized carbons (Fsp3) is 0.421. The van der Waals surface area contributed by atoms with Crippen molar-refractivity contribution >= 4 is 17.7 Å². The van der Waals surface area contributed by atoms with E-state index in [1.807, 2.05) is 4.90 Å². The highest BCUT2D eigenvalue weighted by atomic mass is 19.1. The second kappa shape index (κ2) is 8.92. The minimum atomic E-state index is -0.486. The molecule has 1 aliphatic heterocycles. The van der Waals surface area contributed by atoms with E-state index in [1.165, 1.54) is 0 Å². The number of hydrogen-bond acceptors (Lipinski definition) is 6. The number of halogens is 2. The zero-order valence-corrected chi connectivity index (χ0v) is 15.6. The summed E-state index contributed by atoms with van der Waals surface area (Å²) in [6.45, 7) is 1.09. The van der Waals surface area contributed by atoms with Crippen molar-refractivity contribution in [3.05, 3.63) is 47.7 Å². The number of amides is 1. The number of nitrogens with two attached hydrogens (primary N) is 1. The van der Waals surface area contributed by atoms with Crippen LogP contribution in [0.15, 0.2) is 30.5 Å². The Labute approximate surface area is 161 Å². The highest BCUT2D eigenvalue weighted by Gasteiger charge is 2.34. The molecule has 0 bridgehead atoms. The molecule has 2 atom stereocenters. The minimum Gasteiger partial charge on any atom is -0.377 e. The number of carbonyl (C=O) groups is 1. The molecule has 1 amide bonds. The number of aromatic nitrogens is 2. The first-order valence-electron chi connectivity index (χ1n) is 9.06. The number of nitrogens with zero attached hydrogens (tertiary/aromatic N) is 3. The molecule has 0 saturated carbocycles. The van der Waals surface area contributed by atoms with Gasteiger partial charge in [0.05, 0.1) is 12.1 Å². The van der Waals surface area contributed by atoms with Crippen molar-refractivity contribution in [1.29, 1.82) is 0 Å². The molecule has 3 rings (SSSR count). The Morgan fingerprint density at radius 2 is 2.18 bits per heavy atom. The van der Waals surface area contributed by atoms with Crippen molar-refractivity contribution in [2.75, 3.05) is 30.8 Å². The van der Waals surface area contributed by atoms with E-state index in [2.05, 4.69) is 15.3 Å². The summed E-state index contributed by atoms with van der Waals surface area (Å²) in [5, 5.41) is 2.96. The van der Waals surface area contributed by atoms with Gasteiger partial charge in [0, 0.05) is 32.8 Å². The van der Waals surface area contributed by atoms with E-state index in [0.29, 0.717) is 31.7 Å². The van der Waals surface area contributed by atoms with Gasteiger partial charge in [0.2, 0.25) is 11.9 Å². The maximum atomic E-state index is 13.6. The van der Waals surface area contributed by atoms with E-state index in [0.717, 1.165) is 18.2 Å². The van der Waals surface area contributed by atoms with Crippen LogP contribution in [0.4, 0.5) is 20.5 Å². The highest BCUT2D eigenvalue weighted by Crippen LogP contribution is 2.20. The van der Waals surface area contributed by atoms with Gasteiger partial charge >= 0.3 is 0 Å². The molecule has 1 aromatic carbocycles. The van der Waals surface area contributed by atoms with Gasteiger partial charge in [0.1, 0.15) is 17.5 Å². The second-order valence-electron chi connectivity index (χ2n) is 6.72.